The van der Waals surface area contributed by atoms with Crippen molar-refractivity contribution in [2.45, 2.75) is 26.7 Å². The standard InChI is InChI=1S/C22H25ClNO2/c1-15-7-9-18(10-8-15)24-16(2)12-17-13-21(25-3)22(26-4)14-19(17)20(24)6-5-11-23/h7-10,12-14H,5-6,11H2,1-4H3/q+1. The molecule has 26 heavy (non-hydrogen) atoms. The van der Waals surface area contributed by atoms with Crippen LogP contribution in [0.1, 0.15) is 23.4 Å². The van der Waals surface area contributed by atoms with Gasteiger partial charge in [0, 0.05) is 37.4 Å². The van der Waals surface area contributed by atoms with E-state index in [1.165, 1.54) is 22.3 Å². The molecule has 0 amide bonds. The van der Waals surface area contributed by atoms with Gasteiger partial charge in [0.1, 0.15) is 0 Å². The number of hydrogen-bond acceptors (Lipinski definition) is 2. The van der Waals surface area contributed by atoms with Gasteiger partial charge in [-0.05, 0) is 30.9 Å². The van der Waals surface area contributed by atoms with Crippen molar-refractivity contribution < 1.29 is 14.0 Å². The molecule has 136 valence electrons. The molecule has 0 aliphatic carbocycles. The van der Waals surface area contributed by atoms with Gasteiger partial charge in [-0.15, -0.1) is 11.6 Å². The lowest BCUT2D eigenvalue weighted by atomic mass is 10.0. The summed E-state index contributed by atoms with van der Waals surface area (Å²) in [7, 11) is 3.34. The van der Waals surface area contributed by atoms with Crippen LogP contribution in [-0.2, 0) is 6.42 Å². The zero-order valence-electron chi connectivity index (χ0n) is 15.8. The molecule has 3 nitrogen and oxygen atoms in total. The third kappa shape index (κ3) is 3.49. The van der Waals surface area contributed by atoms with Gasteiger partial charge in [-0.1, -0.05) is 17.7 Å². The molecule has 0 saturated carbocycles. The van der Waals surface area contributed by atoms with Crippen LogP contribution in [0, 0.1) is 13.8 Å². The summed E-state index contributed by atoms with van der Waals surface area (Å²) >= 11 is 6.01. The molecule has 0 radical (unpaired) electrons. The van der Waals surface area contributed by atoms with Crippen LogP contribution < -0.4 is 14.0 Å². The molecular weight excluding hydrogens is 346 g/mol. The van der Waals surface area contributed by atoms with Crippen molar-refractivity contribution in [2.75, 3.05) is 20.1 Å². The van der Waals surface area contributed by atoms with Crippen LogP contribution >= 0.6 is 11.6 Å². The van der Waals surface area contributed by atoms with Crippen LogP contribution in [-0.4, -0.2) is 20.1 Å². The lowest BCUT2D eigenvalue weighted by molar-refractivity contribution is -0.609. The van der Waals surface area contributed by atoms with E-state index in [0.29, 0.717) is 5.88 Å². The average Bonchev–Trinajstić information content (AvgIpc) is 2.65. The van der Waals surface area contributed by atoms with E-state index in [1.54, 1.807) is 14.2 Å². The summed E-state index contributed by atoms with van der Waals surface area (Å²) in [6.45, 7) is 4.24. The fraction of sp³-hybridized carbons (Fsp3) is 0.318. The number of aromatic nitrogens is 1. The number of pyridine rings is 1. The summed E-state index contributed by atoms with van der Waals surface area (Å²) in [4.78, 5) is 0. The predicted octanol–water partition coefficient (Wildman–Crippen LogP) is 4.92. The Bertz CT molecular complexity index is 920. The van der Waals surface area contributed by atoms with Crippen LogP contribution in [0.25, 0.3) is 16.5 Å². The zero-order valence-corrected chi connectivity index (χ0v) is 16.6. The van der Waals surface area contributed by atoms with Crippen molar-refractivity contribution in [3.05, 3.63) is 59.4 Å². The van der Waals surface area contributed by atoms with Gasteiger partial charge in [-0.2, -0.15) is 4.57 Å². The predicted molar refractivity (Wildman–Crippen MR) is 107 cm³/mol. The summed E-state index contributed by atoms with van der Waals surface area (Å²) in [6.07, 6.45) is 1.81. The van der Waals surface area contributed by atoms with Crippen LogP contribution in [0.4, 0.5) is 0 Å². The van der Waals surface area contributed by atoms with Crippen molar-refractivity contribution in [2.24, 2.45) is 0 Å². The maximum absolute atomic E-state index is 6.01. The highest BCUT2D eigenvalue weighted by molar-refractivity contribution is 6.17. The maximum Gasteiger partial charge on any atom is 0.211 e. The lowest BCUT2D eigenvalue weighted by Gasteiger charge is -2.13. The van der Waals surface area contributed by atoms with Gasteiger partial charge in [-0.25, -0.2) is 0 Å². The summed E-state index contributed by atoms with van der Waals surface area (Å²) in [6, 6.07) is 14.9. The third-order valence-electron chi connectivity index (χ3n) is 4.69. The van der Waals surface area contributed by atoms with Gasteiger partial charge >= 0.3 is 0 Å². The second-order valence-corrected chi connectivity index (χ2v) is 6.87. The quantitative estimate of drug-likeness (QED) is 0.454. The normalized spacial score (nSPS) is 11.0. The number of halogens is 1. The molecule has 0 aliphatic heterocycles. The number of alkyl halides is 1. The lowest BCUT2D eigenvalue weighted by Crippen LogP contribution is -2.39. The first-order chi connectivity index (χ1) is 12.6. The molecule has 0 bridgehead atoms. The molecule has 2 aromatic carbocycles. The average molecular weight is 371 g/mol. The Balaban J connectivity index is 2.32. The number of benzene rings is 2. The van der Waals surface area contributed by atoms with Gasteiger partial charge in [0.2, 0.25) is 5.69 Å². The first kappa shape index (κ1) is 18.5. The van der Waals surface area contributed by atoms with E-state index in [4.69, 9.17) is 21.1 Å². The molecule has 0 unspecified atom stereocenters. The molecule has 0 aliphatic rings. The molecule has 4 heteroatoms. The Morgan fingerprint density at radius 3 is 2.19 bits per heavy atom. The highest BCUT2D eigenvalue weighted by Crippen LogP contribution is 2.34. The number of ether oxygens (including phenoxy) is 2. The number of nitrogens with zero attached hydrogens (tertiary/aromatic N) is 1. The summed E-state index contributed by atoms with van der Waals surface area (Å²) in [5.41, 5.74) is 4.83. The van der Waals surface area contributed by atoms with Crippen molar-refractivity contribution in [1.29, 1.82) is 0 Å². The minimum atomic E-state index is 0.636. The Hall–Kier alpha value is -2.26. The Morgan fingerprint density at radius 2 is 1.58 bits per heavy atom. The SMILES string of the molecule is COc1cc2cc(C)[n+](-c3ccc(C)cc3)c(CCCCl)c2cc1OC. The van der Waals surface area contributed by atoms with Crippen LogP contribution in [0.3, 0.4) is 0 Å². The van der Waals surface area contributed by atoms with Gasteiger partial charge in [0.05, 0.1) is 19.6 Å². The van der Waals surface area contributed by atoms with Crippen molar-refractivity contribution in [3.63, 3.8) is 0 Å². The number of fused-ring (bicyclic) bond motifs is 1. The largest absolute Gasteiger partial charge is 0.493 e. The second-order valence-electron chi connectivity index (χ2n) is 6.49. The van der Waals surface area contributed by atoms with Crippen molar-refractivity contribution in [3.8, 4) is 17.2 Å². The number of aryl methyl sites for hydroxylation is 3. The number of rotatable bonds is 6. The minimum Gasteiger partial charge on any atom is -0.493 e. The summed E-state index contributed by atoms with van der Waals surface area (Å²) in [5.74, 6) is 2.12. The van der Waals surface area contributed by atoms with Crippen LogP contribution in [0.5, 0.6) is 11.5 Å². The monoisotopic (exact) mass is 370 g/mol. The smallest absolute Gasteiger partial charge is 0.211 e. The van der Waals surface area contributed by atoms with E-state index in [0.717, 1.165) is 35.4 Å². The van der Waals surface area contributed by atoms with Gasteiger partial charge in [0.15, 0.2) is 22.9 Å². The van der Waals surface area contributed by atoms with Gasteiger partial charge < -0.3 is 9.47 Å². The highest BCUT2D eigenvalue weighted by Gasteiger charge is 2.22. The first-order valence-corrected chi connectivity index (χ1v) is 9.35. The summed E-state index contributed by atoms with van der Waals surface area (Å²) in [5, 5.41) is 2.31. The van der Waals surface area contributed by atoms with Crippen molar-refractivity contribution >= 4 is 22.4 Å². The minimum absolute atomic E-state index is 0.636. The molecule has 0 N–H and O–H groups in total. The van der Waals surface area contributed by atoms with E-state index in [2.05, 4.69) is 54.8 Å². The molecule has 0 saturated heterocycles. The fourth-order valence-corrected chi connectivity index (χ4v) is 3.55. The van der Waals surface area contributed by atoms with Gasteiger partial charge in [-0.3, -0.25) is 0 Å². The second kappa shape index (κ2) is 7.96. The van der Waals surface area contributed by atoms with E-state index >= 15 is 0 Å². The molecule has 3 aromatic rings. The molecule has 0 spiro atoms. The number of hydrogen-bond donors (Lipinski definition) is 0. The Kier molecular flexibility index (Phi) is 5.67. The fourth-order valence-electron chi connectivity index (χ4n) is 3.42. The van der Waals surface area contributed by atoms with Crippen LogP contribution in [0.15, 0.2) is 42.5 Å². The van der Waals surface area contributed by atoms with Crippen molar-refractivity contribution in [1.82, 2.24) is 0 Å². The van der Waals surface area contributed by atoms with E-state index in [9.17, 15) is 0 Å². The van der Waals surface area contributed by atoms with E-state index in [1.807, 2.05) is 6.07 Å². The van der Waals surface area contributed by atoms with E-state index in [-0.39, 0.29) is 0 Å². The topological polar surface area (TPSA) is 22.3 Å². The molecule has 1 heterocycles. The highest BCUT2D eigenvalue weighted by atomic mass is 35.5. The summed E-state index contributed by atoms with van der Waals surface area (Å²) < 4.78 is 13.3. The van der Waals surface area contributed by atoms with Gasteiger partial charge in [0.25, 0.3) is 0 Å². The Labute approximate surface area is 160 Å². The molecule has 3 rings (SSSR count). The maximum atomic E-state index is 6.01. The Morgan fingerprint density at radius 1 is 0.923 bits per heavy atom. The third-order valence-corrected chi connectivity index (χ3v) is 4.96. The molecule has 0 fully saturated rings. The first-order valence-electron chi connectivity index (χ1n) is 8.82. The number of methoxy groups -OCH3 is 2. The van der Waals surface area contributed by atoms with Crippen LogP contribution in [0.2, 0.25) is 0 Å². The zero-order chi connectivity index (χ0) is 18.7. The molecule has 1 aromatic heterocycles. The molecular formula is C22H25ClNO2+. The van der Waals surface area contributed by atoms with E-state index < -0.39 is 0 Å². The molecule has 0 atom stereocenters.